The third kappa shape index (κ3) is 5.05. The fourth-order valence-electron chi connectivity index (χ4n) is 2.78. The second-order valence-corrected chi connectivity index (χ2v) is 5.82. The van der Waals surface area contributed by atoms with Crippen LogP contribution < -0.4 is 5.73 Å². The molecule has 2 rings (SSSR count). The molecule has 1 aliphatic heterocycles. The van der Waals surface area contributed by atoms with Crippen LogP contribution in [0.2, 0.25) is 0 Å². The van der Waals surface area contributed by atoms with Gasteiger partial charge in [0.15, 0.2) is 0 Å². The van der Waals surface area contributed by atoms with E-state index in [-0.39, 0.29) is 0 Å². The number of rotatable bonds is 6. The lowest BCUT2D eigenvalue weighted by atomic mass is 10.1. The molecule has 1 saturated heterocycles. The predicted octanol–water partition coefficient (Wildman–Crippen LogP) is 2.15. The Morgan fingerprint density at radius 3 is 2.43 bits per heavy atom. The minimum absolute atomic E-state index is 0.319. The number of nitrogen functional groups attached to an aromatic ring is 1. The van der Waals surface area contributed by atoms with Gasteiger partial charge in [-0.25, -0.2) is 0 Å². The zero-order valence-corrected chi connectivity index (χ0v) is 13.1. The summed E-state index contributed by atoms with van der Waals surface area (Å²) in [4.78, 5) is 16.3. The molecule has 1 amide bonds. The molecule has 21 heavy (non-hydrogen) atoms. The maximum atomic E-state index is 11.8. The van der Waals surface area contributed by atoms with Crippen molar-refractivity contribution in [2.24, 2.45) is 0 Å². The molecule has 1 fully saturated rings. The van der Waals surface area contributed by atoms with E-state index in [1.807, 2.05) is 17.0 Å². The van der Waals surface area contributed by atoms with Crippen LogP contribution in [-0.2, 0) is 11.2 Å². The Morgan fingerprint density at radius 1 is 1.14 bits per heavy atom. The van der Waals surface area contributed by atoms with E-state index in [0.717, 1.165) is 57.7 Å². The molecule has 0 radical (unpaired) electrons. The van der Waals surface area contributed by atoms with E-state index in [2.05, 4.69) is 24.0 Å². The van der Waals surface area contributed by atoms with Crippen LogP contribution in [0.1, 0.15) is 31.7 Å². The van der Waals surface area contributed by atoms with Crippen molar-refractivity contribution >= 4 is 11.6 Å². The van der Waals surface area contributed by atoms with Crippen molar-refractivity contribution < 1.29 is 4.79 Å². The number of hydrogen-bond acceptors (Lipinski definition) is 3. The van der Waals surface area contributed by atoms with Crippen LogP contribution in [0.25, 0.3) is 0 Å². The quantitative estimate of drug-likeness (QED) is 0.816. The van der Waals surface area contributed by atoms with Gasteiger partial charge < -0.3 is 10.6 Å². The summed E-state index contributed by atoms with van der Waals surface area (Å²) in [5.41, 5.74) is 7.86. The summed E-state index contributed by atoms with van der Waals surface area (Å²) in [6, 6.07) is 8.15. The molecule has 4 nitrogen and oxygen atoms in total. The van der Waals surface area contributed by atoms with Crippen molar-refractivity contribution in [3.63, 3.8) is 0 Å². The van der Waals surface area contributed by atoms with Crippen molar-refractivity contribution in [3.05, 3.63) is 29.8 Å². The Bertz CT molecular complexity index is 436. The van der Waals surface area contributed by atoms with E-state index < -0.39 is 0 Å². The summed E-state index contributed by atoms with van der Waals surface area (Å²) in [7, 11) is 0. The highest BCUT2D eigenvalue weighted by molar-refractivity contribution is 5.76. The number of benzene rings is 1. The topological polar surface area (TPSA) is 49.6 Å². The first-order valence-electron chi connectivity index (χ1n) is 8.03. The maximum Gasteiger partial charge on any atom is 0.222 e. The zero-order chi connectivity index (χ0) is 15.1. The van der Waals surface area contributed by atoms with Crippen LogP contribution in [0.15, 0.2) is 24.3 Å². The fraction of sp³-hybridized carbons (Fsp3) is 0.588. The van der Waals surface area contributed by atoms with Crippen molar-refractivity contribution in [1.29, 1.82) is 0 Å². The van der Waals surface area contributed by atoms with Crippen LogP contribution >= 0.6 is 0 Å². The van der Waals surface area contributed by atoms with Gasteiger partial charge in [0.05, 0.1) is 0 Å². The van der Waals surface area contributed by atoms with Crippen LogP contribution in [-0.4, -0.2) is 48.4 Å². The molecule has 0 saturated carbocycles. The van der Waals surface area contributed by atoms with Gasteiger partial charge in [0.2, 0.25) is 5.91 Å². The lowest BCUT2D eigenvalue weighted by Crippen LogP contribution is -2.48. The Hall–Kier alpha value is -1.55. The molecule has 0 bridgehead atoms. The first-order chi connectivity index (χ1) is 10.2. The average molecular weight is 289 g/mol. The molecule has 4 heteroatoms. The fourth-order valence-corrected chi connectivity index (χ4v) is 2.78. The number of amides is 1. The largest absolute Gasteiger partial charge is 0.399 e. The lowest BCUT2D eigenvalue weighted by molar-refractivity contribution is -0.132. The van der Waals surface area contributed by atoms with Gasteiger partial charge in [-0.2, -0.15) is 0 Å². The van der Waals surface area contributed by atoms with Gasteiger partial charge in [-0.3, -0.25) is 9.69 Å². The normalized spacial score (nSPS) is 16.1. The smallest absolute Gasteiger partial charge is 0.222 e. The Labute approximate surface area is 127 Å². The van der Waals surface area contributed by atoms with E-state index in [0.29, 0.717) is 12.3 Å². The number of carbonyl (C=O) groups excluding carboxylic acids is 1. The average Bonchev–Trinajstić information content (AvgIpc) is 2.50. The Balaban J connectivity index is 1.65. The summed E-state index contributed by atoms with van der Waals surface area (Å²) >= 11 is 0. The summed E-state index contributed by atoms with van der Waals surface area (Å²) in [5, 5.41) is 0. The Kier molecular flexibility index (Phi) is 6.05. The van der Waals surface area contributed by atoms with E-state index in [4.69, 9.17) is 5.73 Å². The standard InChI is InChI=1S/C17H27N3O/c1-2-4-17(21)20-13-11-19(12-14-20)10-3-5-15-6-8-16(18)9-7-15/h6-9H,2-5,10-14,18H2,1H3. The number of piperazine rings is 1. The summed E-state index contributed by atoms with van der Waals surface area (Å²) < 4.78 is 0. The second kappa shape index (κ2) is 8.03. The monoisotopic (exact) mass is 289 g/mol. The molecule has 116 valence electrons. The maximum absolute atomic E-state index is 11.8. The third-order valence-electron chi connectivity index (χ3n) is 4.11. The molecule has 1 aromatic rings. The van der Waals surface area contributed by atoms with Gasteiger partial charge in [0.25, 0.3) is 0 Å². The second-order valence-electron chi connectivity index (χ2n) is 5.82. The number of nitrogens with zero attached hydrogens (tertiary/aromatic N) is 2. The van der Waals surface area contributed by atoms with Crippen LogP contribution in [0, 0.1) is 0 Å². The molecule has 0 spiro atoms. The molecule has 2 N–H and O–H groups in total. The first-order valence-corrected chi connectivity index (χ1v) is 8.03. The molecule has 0 unspecified atom stereocenters. The van der Waals surface area contributed by atoms with Crippen molar-refractivity contribution in [3.8, 4) is 0 Å². The molecule has 1 aliphatic rings. The first kappa shape index (κ1) is 15.8. The van der Waals surface area contributed by atoms with Gasteiger partial charge in [0, 0.05) is 38.3 Å². The van der Waals surface area contributed by atoms with Gasteiger partial charge in [-0.15, -0.1) is 0 Å². The minimum Gasteiger partial charge on any atom is -0.399 e. The van der Waals surface area contributed by atoms with Gasteiger partial charge >= 0.3 is 0 Å². The molecule has 0 aliphatic carbocycles. The highest BCUT2D eigenvalue weighted by Gasteiger charge is 2.19. The van der Waals surface area contributed by atoms with Gasteiger partial charge in [-0.1, -0.05) is 19.1 Å². The number of anilines is 1. The number of hydrogen-bond donors (Lipinski definition) is 1. The minimum atomic E-state index is 0.319. The molecule has 0 aromatic heterocycles. The van der Waals surface area contributed by atoms with E-state index in [9.17, 15) is 4.79 Å². The van der Waals surface area contributed by atoms with Crippen LogP contribution in [0.3, 0.4) is 0 Å². The summed E-state index contributed by atoms with van der Waals surface area (Å²) in [6.07, 6.45) is 3.89. The molecule has 1 heterocycles. The van der Waals surface area contributed by atoms with E-state index in [1.165, 1.54) is 5.56 Å². The molecule has 0 atom stereocenters. The number of nitrogens with two attached hydrogens (primary N) is 1. The summed E-state index contributed by atoms with van der Waals surface area (Å²) in [6.45, 7) is 6.97. The van der Waals surface area contributed by atoms with Gasteiger partial charge in [-0.05, 0) is 43.5 Å². The van der Waals surface area contributed by atoms with Crippen LogP contribution in [0.4, 0.5) is 5.69 Å². The van der Waals surface area contributed by atoms with Crippen molar-refractivity contribution in [2.75, 3.05) is 38.5 Å². The van der Waals surface area contributed by atoms with Gasteiger partial charge in [0.1, 0.15) is 0 Å². The number of carbonyl (C=O) groups is 1. The van der Waals surface area contributed by atoms with Crippen LogP contribution in [0.5, 0.6) is 0 Å². The van der Waals surface area contributed by atoms with Crippen molar-refractivity contribution in [2.45, 2.75) is 32.6 Å². The Morgan fingerprint density at radius 2 is 1.81 bits per heavy atom. The molecule has 1 aromatic carbocycles. The highest BCUT2D eigenvalue weighted by atomic mass is 16.2. The third-order valence-corrected chi connectivity index (χ3v) is 4.11. The highest BCUT2D eigenvalue weighted by Crippen LogP contribution is 2.10. The lowest BCUT2D eigenvalue weighted by Gasteiger charge is -2.34. The number of aryl methyl sites for hydroxylation is 1. The molecular weight excluding hydrogens is 262 g/mol. The zero-order valence-electron chi connectivity index (χ0n) is 13.1. The van der Waals surface area contributed by atoms with Crippen molar-refractivity contribution in [1.82, 2.24) is 9.80 Å². The van der Waals surface area contributed by atoms with E-state index in [1.54, 1.807) is 0 Å². The SMILES string of the molecule is CCCC(=O)N1CCN(CCCc2ccc(N)cc2)CC1. The summed E-state index contributed by atoms with van der Waals surface area (Å²) in [5.74, 6) is 0.319. The van der Waals surface area contributed by atoms with E-state index >= 15 is 0 Å². The molecular formula is C17H27N3O. The predicted molar refractivity (Wildman–Crippen MR) is 87.1 cm³/mol.